The van der Waals surface area contributed by atoms with Crippen LogP contribution >= 0.6 is 0 Å². The van der Waals surface area contributed by atoms with Gasteiger partial charge in [-0.2, -0.15) is 13.2 Å². The minimum absolute atomic E-state index is 0.264. The molecule has 2 aromatic carbocycles. The van der Waals surface area contributed by atoms with Crippen LogP contribution in [-0.4, -0.2) is 15.0 Å². The van der Waals surface area contributed by atoms with E-state index in [0.29, 0.717) is 22.6 Å². The fourth-order valence-corrected chi connectivity index (χ4v) is 2.91. The van der Waals surface area contributed by atoms with Gasteiger partial charge in [-0.3, -0.25) is 4.98 Å². The fourth-order valence-electron chi connectivity index (χ4n) is 2.91. The number of hydrogen-bond acceptors (Lipinski definition) is 4. The van der Waals surface area contributed by atoms with E-state index in [0.717, 1.165) is 23.0 Å². The van der Waals surface area contributed by atoms with Crippen molar-refractivity contribution in [1.29, 1.82) is 0 Å². The molecule has 4 aromatic rings. The summed E-state index contributed by atoms with van der Waals surface area (Å²) in [7, 11) is 0. The van der Waals surface area contributed by atoms with E-state index >= 15 is 0 Å². The number of alkyl halides is 3. The van der Waals surface area contributed by atoms with Crippen molar-refractivity contribution in [2.24, 2.45) is 0 Å². The summed E-state index contributed by atoms with van der Waals surface area (Å²) in [6, 6.07) is 14.2. The Balaban J connectivity index is 1.67. The molecule has 0 N–H and O–H groups in total. The summed E-state index contributed by atoms with van der Waals surface area (Å²) >= 11 is 0. The average Bonchev–Trinajstić information content (AvgIpc) is 2.73. The van der Waals surface area contributed by atoms with Crippen LogP contribution in [0.3, 0.4) is 0 Å². The second-order valence-electron chi connectivity index (χ2n) is 6.21. The van der Waals surface area contributed by atoms with E-state index < -0.39 is 11.7 Å². The van der Waals surface area contributed by atoms with Crippen molar-refractivity contribution in [2.75, 3.05) is 0 Å². The molecule has 144 valence electrons. The molecule has 0 spiro atoms. The molecule has 0 atom stereocenters. The molecule has 7 heteroatoms. The maximum Gasteiger partial charge on any atom is 0.416 e. The van der Waals surface area contributed by atoms with Gasteiger partial charge in [-0.15, -0.1) is 0 Å². The van der Waals surface area contributed by atoms with Gasteiger partial charge in [0.05, 0.1) is 16.8 Å². The first kappa shape index (κ1) is 18.6. The van der Waals surface area contributed by atoms with Crippen molar-refractivity contribution in [1.82, 2.24) is 15.0 Å². The maximum atomic E-state index is 13.0. The zero-order valence-electron chi connectivity index (χ0n) is 15.0. The topological polar surface area (TPSA) is 47.9 Å². The van der Waals surface area contributed by atoms with Crippen LogP contribution in [0.5, 0.6) is 11.6 Å². The van der Waals surface area contributed by atoms with Gasteiger partial charge in [-0.05, 0) is 35.9 Å². The predicted octanol–water partition coefficient (Wildman–Crippen LogP) is 6.15. The number of fused-ring (bicyclic) bond motifs is 1. The molecule has 0 aliphatic rings. The third-order valence-corrected chi connectivity index (χ3v) is 4.32. The standard InChI is InChI=1S/C22H14F3N3O/c1-2-14-10-16(22(23,24)25)6-8-18(14)20-12-21(28-13-27-20)29-17-7-5-15-4-3-9-26-19(15)11-17/h2-13H,1H2. The van der Waals surface area contributed by atoms with E-state index in [4.69, 9.17) is 4.74 Å². The second-order valence-corrected chi connectivity index (χ2v) is 6.21. The molecule has 0 saturated heterocycles. The van der Waals surface area contributed by atoms with Crippen molar-refractivity contribution in [3.63, 3.8) is 0 Å². The number of ether oxygens (including phenoxy) is 1. The predicted molar refractivity (Wildman–Crippen MR) is 104 cm³/mol. The number of hydrogen-bond donors (Lipinski definition) is 0. The monoisotopic (exact) mass is 393 g/mol. The van der Waals surface area contributed by atoms with Crippen molar-refractivity contribution >= 4 is 17.0 Å². The molecule has 2 heterocycles. The number of rotatable bonds is 4. The van der Waals surface area contributed by atoms with E-state index in [1.165, 1.54) is 18.5 Å². The molecular formula is C22H14F3N3O. The number of benzene rings is 2. The molecule has 0 fully saturated rings. The van der Waals surface area contributed by atoms with Gasteiger partial charge in [-0.25, -0.2) is 9.97 Å². The summed E-state index contributed by atoms with van der Waals surface area (Å²) in [5, 5.41) is 0.976. The summed E-state index contributed by atoms with van der Waals surface area (Å²) in [6.07, 6.45) is -0.0760. The average molecular weight is 393 g/mol. The Hall–Kier alpha value is -3.74. The maximum absolute atomic E-state index is 13.0. The third kappa shape index (κ3) is 3.94. The largest absolute Gasteiger partial charge is 0.439 e. The first-order valence-corrected chi connectivity index (χ1v) is 8.63. The first-order valence-electron chi connectivity index (χ1n) is 8.63. The van der Waals surface area contributed by atoms with E-state index in [2.05, 4.69) is 21.5 Å². The highest BCUT2D eigenvalue weighted by atomic mass is 19.4. The van der Waals surface area contributed by atoms with Gasteiger partial charge in [0.1, 0.15) is 12.1 Å². The van der Waals surface area contributed by atoms with Gasteiger partial charge in [0, 0.05) is 29.3 Å². The Morgan fingerprint density at radius 1 is 0.931 bits per heavy atom. The lowest BCUT2D eigenvalue weighted by Gasteiger charge is -2.12. The Morgan fingerprint density at radius 3 is 2.59 bits per heavy atom. The molecule has 2 aromatic heterocycles. The van der Waals surface area contributed by atoms with Crippen LogP contribution in [0, 0.1) is 0 Å². The summed E-state index contributed by atoms with van der Waals surface area (Å²) in [6.45, 7) is 3.61. The van der Waals surface area contributed by atoms with E-state index in [-0.39, 0.29) is 5.88 Å². The van der Waals surface area contributed by atoms with E-state index in [1.807, 2.05) is 18.2 Å². The van der Waals surface area contributed by atoms with Crippen molar-refractivity contribution in [2.45, 2.75) is 6.18 Å². The lowest BCUT2D eigenvalue weighted by atomic mass is 10.0. The molecule has 0 bridgehead atoms. The number of pyridine rings is 1. The Kier molecular flexibility index (Phi) is 4.72. The van der Waals surface area contributed by atoms with Crippen LogP contribution in [0.4, 0.5) is 13.2 Å². The summed E-state index contributed by atoms with van der Waals surface area (Å²) < 4.78 is 44.7. The summed E-state index contributed by atoms with van der Waals surface area (Å²) in [4.78, 5) is 12.5. The molecular weight excluding hydrogens is 379 g/mol. The van der Waals surface area contributed by atoms with Gasteiger partial charge in [-0.1, -0.05) is 24.8 Å². The summed E-state index contributed by atoms with van der Waals surface area (Å²) in [5.74, 6) is 0.803. The van der Waals surface area contributed by atoms with Crippen LogP contribution in [0.2, 0.25) is 0 Å². The molecule has 0 aliphatic carbocycles. The van der Waals surface area contributed by atoms with Gasteiger partial charge in [0.25, 0.3) is 0 Å². The van der Waals surface area contributed by atoms with Crippen LogP contribution in [0.25, 0.3) is 28.2 Å². The zero-order valence-corrected chi connectivity index (χ0v) is 15.0. The lowest BCUT2D eigenvalue weighted by molar-refractivity contribution is -0.137. The SMILES string of the molecule is C=Cc1cc(C(F)(F)F)ccc1-c1cc(Oc2ccc3cccnc3c2)ncn1. The highest BCUT2D eigenvalue weighted by molar-refractivity contribution is 5.79. The second kappa shape index (κ2) is 7.35. The molecule has 0 unspecified atom stereocenters. The third-order valence-electron chi connectivity index (χ3n) is 4.32. The Bertz CT molecular complexity index is 1210. The molecule has 4 nitrogen and oxygen atoms in total. The normalized spacial score (nSPS) is 11.4. The zero-order chi connectivity index (χ0) is 20.4. The van der Waals surface area contributed by atoms with Gasteiger partial charge < -0.3 is 4.74 Å². The fraction of sp³-hybridized carbons (Fsp3) is 0.0455. The molecule has 0 radical (unpaired) electrons. The smallest absolute Gasteiger partial charge is 0.416 e. The van der Waals surface area contributed by atoms with Gasteiger partial charge in [0.15, 0.2) is 0 Å². The van der Waals surface area contributed by atoms with Gasteiger partial charge >= 0.3 is 6.18 Å². The number of aromatic nitrogens is 3. The molecule has 0 amide bonds. The van der Waals surface area contributed by atoms with Gasteiger partial charge in [0.2, 0.25) is 5.88 Å². The molecule has 0 saturated carbocycles. The van der Waals surface area contributed by atoms with Crippen molar-refractivity contribution in [3.8, 4) is 22.9 Å². The molecule has 4 rings (SSSR count). The minimum Gasteiger partial charge on any atom is -0.439 e. The lowest BCUT2D eigenvalue weighted by Crippen LogP contribution is -2.05. The Morgan fingerprint density at radius 2 is 1.79 bits per heavy atom. The highest BCUT2D eigenvalue weighted by Gasteiger charge is 2.30. The number of nitrogens with zero attached hydrogens (tertiary/aromatic N) is 3. The minimum atomic E-state index is -4.43. The van der Waals surface area contributed by atoms with Crippen LogP contribution in [0.15, 0.2) is 73.7 Å². The molecule has 0 aliphatic heterocycles. The van der Waals surface area contributed by atoms with Crippen LogP contribution in [0.1, 0.15) is 11.1 Å². The molecule has 29 heavy (non-hydrogen) atoms. The number of halogens is 3. The van der Waals surface area contributed by atoms with Crippen LogP contribution in [-0.2, 0) is 6.18 Å². The Labute approximate surface area is 164 Å². The van der Waals surface area contributed by atoms with E-state index in [9.17, 15) is 13.2 Å². The highest BCUT2D eigenvalue weighted by Crippen LogP contribution is 2.34. The van der Waals surface area contributed by atoms with Crippen LogP contribution < -0.4 is 4.74 Å². The van der Waals surface area contributed by atoms with Crippen molar-refractivity contribution < 1.29 is 17.9 Å². The summed E-state index contributed by atoms with van der Waals surface area (Å²) in [5.41, 5.74) is 1.28. The van der Waals surface area contributed by atoms with E-state index in [1.54, 1.807) is 24.4 Å². The first-order chi connectivity index (χ1) is 13.9. The quantitative estimate of drug-likeness (QED) is 0.417. The van der Waals surface area contributed by atoms with Crippen molar-refractivity contribution in [3.05, 3.63) is 84.8 Å².